The highest BCUT2D eigenvalue weighted by Gasteiger charge is 2.11. The molecule has 0 atom stereocenters. The molecular weight excluding hydrogens is 257 g/mol. The van der Waals surface area contributed by atoms with Crippen LogP contribution < -0.4 is 17.0 Å². The molecule has 13 heavy (non-hydrogen) atoms. The number of hydrogen-bond acceptors (Lipinski definition) is 3. The van der Waals surface area contributed by atoms with Crippen LogP contribution in [0.3, 0.4) is 0 Å². The Bertz CT molecular complexity index is 356. The first-order valence-electron chi connectivity index (χ1n) is 3.31. The second-order valence-electron chi connectivity index (χ2n) is 2.32. The third-order valence-corrected chi connectivity index (χ3v) is 2.24. The molecule has 0 saturated heterocycles. The van der Waals surface area contributed by atoms with Crippen molar-refractivity contribution in [1.82, 2.24) is 5.43 Å². The third-order valence-electron chi connectivity index (χ3n) is 1.47. The molecule has 6 heteroatoms. The number of amides is 1. The summed E-state index contributed by atoms with van der Waals surface area (Å²) in [5.74, 6) is 4.49. The minimum absolute atomic E-state index is 0.216. The summed E-state index contributed by atoms with van der Waals surface area (Å²) in [6.45, 7) is 0. The van der Waals surface area contributed by atoms with Gasteiger partial charge in [0.1, 0.15) is 0 Å². The van der Waals surface area contributed by atoms with Crippen molar-refractivity contribution in [2.24, 2.45) is 5.84 Å². The SMILES string of the molecule is NNC(=O)c1cc(Br)cc(Cl)c1N. The largest absolute Gasteiger partial charge is 0.397 e. The van der Waals surface area contributed by atoms with Crippen molar-refractivity contribution >= 4 is 39.1 Å². The summed E-state index contributed by atoms with van der Waals surface area (Å²) in [6, 6.07) is 3.15. The van der Waals surface area contributed by atoms with Gasteiger partial charge in [0.25, 0.3) is 5.91 Å². The molecule has 0 heterocycles. The summed E-state index contributed by atoms with van der Waals surface area (Å²) < 4.78 is 0.672. The summed E-state index contributed by atoms with van der Waals surface area (Å²) in [4.78, 5) is 11.1. The quantitative estimate of drug-likeness (QED) is 0.309. The predicted molar refractivity (Wildman–Crippen MR) is 55.2 cm³/mol. The molecule has 4 nitrogen and oxygen atoms in total. The highest BCUT2D eigenvalue weighted by atomic mass is 79.9. The fraction of sp³-hybridized carbons (Fsp3) is 0. The van der Waals surface area contributed by atoms with E-state index < -0.39 is 5.91 Å². The van der Waals surface area contributed by atoms with Crippen LogP contribution in [0.5, 0.6) is 0 Å². The Morgan fingerprint density at radius 1 is 1.54 bits per heavy atom. The van der Waals surface area contributed by atoms with Crippen LogP contribution in [-0.2, 0) is 0 Å². The molecule has 0 fully saturated rings. The van der Waals surface area contributed by atoms with Gasteiger partial charge < -0.3 is 5.73 Å². The molecule has 1 amide bonds. The first-order chi connectivity index (χ1) is 6.06. The minimum Gasteiger partial charge on any atom is -0.397 e. The fourth-order valence-electron chi connectivity index (χ4n) is 0.850. The van der Waals surface area contributed by atoms with E-state index in [-0.39, 0.29) is 11.3 Å². The van der Waals surface area contributed by atoms with Gasteiger partial charge in [-0.1, -0.05) is 27.5 Å². The normalized spacial score (nSPS) is 9.77. The number of benzene rings is 1. The lowest BCUT2D eigenvalue weighted by molar-refractivity contribution is 0.0954. The lowest BCUT2D eigenvalue weighted by Gasteiger charge is -2.06. The average molecular weight is 265 g/mol. The molecule has 0 aromatic heterocycles. The smallest absolute Gasteiger partial charge is 0.267 e. The van der Waals surface area contributed by atoms with E-state index in [1.807, 2.05) is 5.43 Å². The molecule has 5 N–H and O–H groups in total. The van der Waals surface area contributed by atoms with Crippen molar-refractivity contribution in [3.8, 4) is 0 Å². The van der Waals surface area contributed by atoms with Crippen molar-refractivity contribution < 1.29 is 4.79 Å². The number of hydrazine groups is 1. The van der Waals surface area contributed by atoms with Crippen molar-refractivity contribution in [3.63, 3.8) is 0 Å². The Hall–Kier alpha value is -0.780. The van der Waals surface area contributed by atoms with Gasteiger partial charge in [0.2, 0.25) is 0 Å². The van der Waals surface area contributed by atoms with Gasteiger partial charge in [-0.25, -0.2) is 5.84 Å². The van der Waals surface area contributed by atoms with Crippen LogP contribution >= 0.6 is 27.5 Å². The van der Waals surface area contributed by atoms with Crippen LogP contribution in [0.25, 0.3) is 0 Å². The molecule has 1 rings (SSSR count). The first kappa shape index (κ1) is 10.3. The molecule has 0 spiro atoms. The molecule has 0 aliphatic heterocycles. The van der Waals surface area contributed by atoms with E-state index in [9.17, 15) is 4.79 Å². The molecule has 1 aromatic rings. The van der Waals surface area contributed by atoms with Crippen molar-refractivity contribution in [1.29, 1.82) is 0 Å². The number of carbonyl (C=O) groups excluding carboxylic acids is 1. The zero-order valence-electron chi connectivity index (χ0n) is 6.47. The Labute approximate surface area is 88.3 Å². The summed E-state index contributed by atoms with van der Waals surface area (Å²) in [5.41, 5.74) is 8.00. The topological polar surface area (TPSA) is 81.1 Å². The molecule has 0 unspecified atom stereocenters. The zero-order chi connectivity index (χ0) is 10.0. The zero-order valence-corrected chi connectivity index (χ0v) is 8.82. The summed E-state index contributed by atoms with van der Waals surface area (Å²) in [7, 11) is 0. The lowest BCUT2D eigenvalue weighted by atomic mass is 10.2. The van der Waals surface area contributed by atoms with Gasteiger partial charge in [-0.2, -0.15) is 0 Å². The van der Waals surface area contributed by atoms with Gasteiger partial charge in [-0.15, -0.1) is 0 Å². The molecule has 0 aliphatic rings. The van der Waals surface area contributed by atoms with E-state index in [1.54, 1.807) is 12.1 Å². The molecular formula is C7H7BrClN3O. The Kier molecular flexibility index (Phi) is 3.13. The number of nitrogen functional groups attached to an aromatic ring is 2. The maximum atomic E-state index is 11.1. The number of carbonyl (C=O) groups is 1. The Morgan fingerprint density at radius 3 is 2.69 bits per heavy atom. The highest BCUT2D eigenvalue weighted by molar-refractivity contribution is 9.10. The van der Waals surface area contributed by atoms with Gasteiger partial charge in [0.15, 0.2) is 0 Å². The van der Waals surface area contributed by atoms with Gasteiger partial charge in [-0.05, 0) is 12.1 Å². The Balaban J connectivity index is 3.28. The minimum atomic E-state index is -0.472. The molecule has 1 aromatic carbocycles. The number of rotatable bonds is 1. The van der Waals surface area contributed by atoms with Crippen molar-refractivity contribution in [2.45, 2.75) is 0 Å². The van der Waals surface area contributed by atoms with Crippen LogP contribution in [0, 0.1) is 0 Å². The van der Waals surface area contributed by atoms with E-state index in [4.69, 9.17) is 23.2 Å². The van der Waals surface area contributed by atoms with Crippen LogP contribution in [0.15, 0.2) is 16.6 Å². The van der Waals surface area contributed by atoms with E-state index in [0.717, 1.165) is 0 Å². The standard InChI is InChI=1S/C7H7BrClN3O/c8-3-1-4(7(13)12-11)6(10)5(9)2-3/h1-2H,10-11H2,(H,12,13). The molecule has 0 bridgehead atoms. The molecule has 70 valence electrons. The Morgan fingerprint density at radius 2 is 2.15 bits per heavy atom. The number of anilines is 1. The second-order valence-corrected chi connectivity index (χ2v) is 3.65. The second kappa shape index (κ2) is 3.95. The highest BCUT2D eigenvalue weighted by Crippen LogP contribution is 2.27. The number of nitrogens with one attached hydrogen (secondary N) is 1. The summed E-state index contributed by atoms with van der Waals surface area (Å²) >= 11 is 8.93. The average Bonchev–Trinajstić information content (AvgIpc) is 2.10. The maximum absolute atomic E-state index is 11.1. The van der Waals surface area contributed by atoms with Gasteiger partial charge >= 0.3 is 0 Å². The van der Waals surface area contributed by atoms with Gasteiger partial charge in [0.05, 0.1) is 16.3 Å². The maximum Gasteiger partial charge on any atom is 0.267 e. The molecule has 0 radical (unpaired) electrons. The van der Waals surface area contributed by atoms with Crippen LogP contribution in [0.1, 0.15) is 10.4 Å². The lowest BCUT2D eigenvalue weighted by Crippen LogP contribution is -2.30. The van der Waals surface area contributed by atoms with Crippen LogP contribution in [0.4, 0.5) is 5.69 Å². The number of nitrogens with two attached hydrogens (primary N) is 2. The van der Waals surface area contributed by atoms with E-state index in [2.05, 4.69) is 15.9 Å². The summed E-state index contributed by atoms with van der Waals surface area (Å²) in [5, 5.41) is 0.313. The summed E-state index contributed by atoms with van der Waals surface area (Å²) in [6.07, 6.45) is 0. The van der Waals surface area contributed by atoms with Crippen LogP contribution in [0.2, 0.25) is 5.02 Å². The van der Waals surface area contributed by atoms with Crippen molar-refractivity contribution in [3.05, 3.63) is 27.2 Å². The van der Waals surface area contributed by atoms with E-state index in [1.165, 1.54) is 0 Å². The van der Waals surface area contributed by atoms with E-state index >= 15 is 0 Å². The predicted octanol–water partition coefficient (Wildman–Crippen LogP) is 1.29. The van der Waals surface area contributed by atoms with E-state index in [0.29, 0.717) is 9.50 Å². The number of hydrogen-bond donors (Lipinski definition) is 3. The fourth-order valence-corrected chi connectivity index (χ4v) is 1.66. The van der Waals surface area contributed by atoms with Crippen LogP contribution in [-0.4, -0.2) is 5.91 Å². The third kappa shape index (κ3) is 2.12. The monoisotopic (exact) mass is 263 g/mol. The van der Waals surface area contributed by atoms with Gasteiger partial charge in [-0.3, -0.25) is 10.2 Å². The van der Waals surface area contributed by atoms with Crippen molar-refractivity contribution in [2.75, 3.05) is 5.73 Å². The first-order valence-corrected chi connectivity index (χ1v) is 4.49. The molecule has 0 saturated carbocycles. The van der Waals surface area contributed by atoms with Gasteiger partial charge in [0, 0.05) is 4.47 Å². The molecule has 0 aliphatic carbocycles. The number of halogens is 2.